The van der Waals surface area contributed by atoms with Crippen LogP contribution in [0.5, 0.6) is 0 Å². The molecule has 0 bridgehead atoms. The Hall–Kier alpha value is -2.32. The van der Waals surface area contributed by atoms with Crippen molar-refractivity contribution in [1.82, 2.24) is 0 Å². The van der Waals surface area contributed by atoms with Crippen molar-refractivity contribution in [1.29, 1.82) is 0 Å². The highest BCUT2D eigenvalue weighted by molar-refractivity contribution is 7.88. The Morgan fingerprint density at radius 2 is 0.559 bits per heavy atom. The van der Waals surface area contributed by atoms with Crippen molar-refractivity contribution in [3.63, 3.8) is 0 Å². The molecule has 0 aliphatic carbocycles. The summed E-state index contributed by atoms with van der Waals surface area (Å²) in [7, 11) is -5.21. The summed E-state index contributed by atoms with van der Waals surface area (Å²) in [6.07, 6.45) is 0. The van der Waals surface area contributed by atoms with Crippen molar-refractivity contribution in [2.24, 2.45) is 0 Å². The summed E-state index contributed by atoms with van der Waals surface area (Å²) in [4.78, 5) is 0. The minimum atomic E-state index is -2.92. The number of benzene rings is 4. The van der Waals surface area contributed by atoms with Gasteiger partial charge in [0.2, 0.25) is 0 Å². The summed E-state index contributed by atoms with van der Waals surface area (Å²) in [6.45, 7) is 9.49. The van der Waals surface area contributed by atoms with E-state index >= 15 is 0 Å². The Morgan fingerprint density at radius 3 is 0.706 bits per heavy atom. The van der Waals surface area contributed by atoms with Gasteiger partial charge in [-0.1, -0.05) is 72.8 Å². The van der Waals surface area contributed by atoms with Gasteiger partial charge in [0, 0.05) is 0 Å². The Kier molecular flexibility index (Phi) is 11.1. The Bertz CT molecular complexity index is 909. The molecular weight excluding hydrogens is 457 g/mol. The Morgan fingerprint density at radius 1 is 0.412 bits per heavy atom. The molecule has 0 aliphatic heterocycles. The summed E-state index contributed by atoms with van der Waals surface area (Å²) in [5.41, 5.74) is 0. The smallest absolute Gasteiger partial charge is 0.907 e. The molecule has 4 aromatic carbocycles. The highest BCUT2D eigenvalue weighted by Crippen LogP contribution is 2.48. The monoisotopic (exact) mass is 490 g/mol. The Balaban J connectivity index is 0.000000297. The Labute approximate surface area is 207 Å². The maximum atomic E-state index is 8.42. The van der Waals surface area contributed by atoms with Crippen LogP contribution in [0.1, 0.15) is 1.43 Å². The van der Waals surface area contributed by atoms with Gasteiger partial charge < -0.3 is 15.1 Å². The van der Waals surface area contributed by atoms with E-state index in [-0.39, 0.29) is 1.43 Å². The van der Waals surface area contributed by atoms with Gasteiger partial charge in [0.25, 0.3) is 0 Å². The fourth-order valence-corrected chi connectivity index (χ4v) is 7.77. The van der Waals surface area contributed by atoms with E-state index in [2.05, 4.69) is 148 Å². The highest BCUT2D eigenvalue weighted by Gasteiger charge is 2.31. The molecule has 6 heteroatoms. The molecule has 0 saturated heterocycles. The van der Waals surface area contributed by atoms with Gasteiger partial charge in [0.15, 0.2) is 0 Å². The van der Waals surface area contributed by atoms with Crippen LogP contribution in [0.4, 0.5) is 0 Å². The topological polar surface area (TPSA) is 69.2 Å². The van der Waals surface area contributed by atoms with Crippen molar-refractivity contribution < 1.29 is 16.5 Å². The predicted molar refractivity (Wildman–Crippen MR) is 149 cm³/mol. The maximum Gasteiger partial charge on any atom is 1.00 e. The van der Waals surface area contributed by atoms with Crippen molar-refractivity contribution in [3.8, 4) is 0 Å². The van der Waals surface area contributed by atoms with E-state index in [1.54, 1.807) is 0 Å². The predicted octanol–water partition coefficient (Wildman–Crippen LogP) is 1.99. The normalized spacial score (nSPS) is 10.8. The van der Waals surface area contributed by atoms with Crippen LogP contribution in [0.3, 0.4) is 0 Å². The van der Waals surface area contributed by atoms with Crippen LogP contribution in [0.25, 0.3) is 0 Å². The van der Waals surface area contributed by atoms with Crippen LogP contribution in [-0.2, 0) is 0 Å². The average molecular weight is 490 g/mol. The van der Waals surface area contributed by atoms with Crippen LogP contribution >= 0.6 is 14.5 Å². The van der Waals surface area contributed by atoms with Gasteiger partial charge in [0.1, 0.15) is 0 Å². The summed E-state index contributed by atoms with van der Waals surface area (Å²) in [5.74, 6) is 0. The zero-order chi connectivity index (χ0) is 25.0. The minimum absolute atomic E-state index is 0. The quantitative estimate of drug-likeness (QED) is 0.325. The molecule has 0 saturated carbocycles. The first kappa shape index (κ1) is 27.9. The minimum Gasteiger partial charge on any atom is -0.907 e. The SMILES string of the molecule is C[P+](C)(c1ccccc1)c1ccccc1.C[P+](C)(c1ccccc1)c1ccccc1.[H+].[O-]B([O-])[O-]. The van der Waals surface area contributed by atoms with Crippen molar-refractivity contribution in [2.45, 2.75) is 0 Å². The number of rotatable bonds is 4. The molecule has 4 rings (SSSR count). The van der Waals surface area contributed by atoms with Crippen LogP contribution in [-0.4, -0.2) is 34.0 Å². The van der Waals surface area contributed by atoms with Gasteiger partial charge in [-0.25, -0.2) is 0 Å². The summed E-state index contributed by atoms with van der Waals surface area (Å²) >= 11 is 0. The first-order valence-electron chi connectivity index (χ1n) is 11.0. The zero-order valence-corrected chi connectivity index (χ0v) is 22.0. The van der Waals surface area contributed by atoms with E-state index in [4.69, 9.17) is 15.1 Å². The molecule has 4 aromatic rings. The molecule has 0 aliphatic rings. The lowest BCUT2D eigenvalue weighted by atomic mass is 10.3. The highest BCUT2D eigenvalue weighted by atomic mass is 31.2. The van der Waals surface area contributed by atoms with Gasteiger partial charge >= 0.3 is 1.43 Å². The van der Waals surface area contributed by atoms with E-state index in [0.29, 0.717) is 0 Å². The second-order valence-corrected chi connectivity index (χ2v) is 16.4. The van der Waals surface area contributed by atoms with Crippen molar-refractivity contribution in [2.75, 3.05) is 26.7 Å². The third-order valence-electron chi connectivity index (χ3n) is 5.61. The molecule has 0 spiro atoms. The second kappa shape index (κ2) is 13.5. The van der Waals surface area contributed by atoms with Gasteiger partial charge in [-0.15, -0.1) is 0 Å². The van der Waals surface area contributed by atoms with Gasteiger partial charge in [-0.2, -0.15) is 0 Å². The van der Waals surface area contributed by atoms with Crippen LogP contribution < -0.4 is 36.3 Å². The van der Waals surface area contributed by atoms with Crippen molar-refractivity contribution in [3.05, 3.63) is 121 Å². The molecule has 0 radical (unpaired) electrons. The number of hydrogen-bond donors (Lipinski definition) is 0. The van der Waals surface area contributed by atoms with E-state index in [9.17, 15) is 0 Å². The first-order chi connectivity index (χ1) is 16.2. The van der Waals surface area contributed by atoms with Gasteiger partial charge in [0.05, 0.1) is 62.4 Å². The lowest BCUT2D eigenvalue weighted by Crippen LogP contribution is -2.56. The average Bonchev–Trinajstić information content (AvgIpc) is 2.86. The largest absolute Gasteiger partial charge is 1.00 e. The third kappa shape index (κ3) is 8.47. The van der Waals surface area contributed by atoms with Crippen LogP contribution in [0, 0.1) is 0 Å². The molecule has 0 N–H and O–H groups in total. The molecule has 34 heavy (non-hydrogen) atoms. The molecule has 0 amide bonds. The van der Waals surface area contributed by atoms with Gasteiger partial charge in [-0.3, -0.25) is 7.32 Å². The lowest BCUT2D eigenvalue weighted by molar-refractivity contribution is -0.479. The second-order valence-electron chi connectivity index (χ2n) is 8.54. The van der Waals surface area contributed by atoms with Crippen LogP contribution in [0.2, 0.25) is 0 Å². The third-order valence-corrected chi connectivity index (χ3v) is 12.0. The molecule has 0 atom stereocenters. The van der Waals surface area contributed by atoms with E-state index in [1.165, 1.54) is 21.2 Å². The summed E-state index contributed by atoms with van der Waals surface area (Å²) in [5, 5.41) is 31.1. The van der Waals surface area contributed by atoms with E-state index in [1.807, 2.05) is 0 Å². The fourth-order valence-electron chi connectivity index (χ4n) is 3.50. The lowest BCUT2D eigenvalue weighted by Gasteiger charge is -2.35. The molecule has 0 aromatic heterocycles. The summed E-state index contributed by atoms with van der Waals surface area (Å²) < 4.78 is 0. The zero-order valence-electron chi connectivity index (χ0n) is 21.2. The molecule has 0 fully saturated rings. The standard InChI is InChI=1S/2C14H16P.BO3/c2*1-15(2,13-9-5-3-6-10-13)14-11-7-4-8-12-14;2-1(3)4/h2*3-12H,1-2H3;/q2*+1;-3/p+1. The molecular formula is C28H33BO3P2. The first-order valence-corrected chi connectivity index (χ1v) is 16.4. The summed E-state index contributed by atoms with van der Waals surface area (Å²) in [6, 6.07) is 43.2. The molecule has 0 unspecified atom stereocenters. The van der Waals surface area contributed by atoms with E-state index < -0.39 is 21.8 Å². The molecule has 3 nitrogen and oxygen atoms in total. The molecule has 0 heterocycles. The fraction of sp³-hybridized carbons (Fsp3) is 0.143. The number of hydrogen-bond acceptors (Lipinski definition) is 3. The maximum absolute atomic E-state index is 8.42. The van der Waals surface area contributed by atoms with Crippen LogP contribution in [0.15, 0.2) is 121 Å². The molecule has 176 valence electrons. The van der Waals surface area contributed by atoms with Gasteiger partial charge in [-0.05, 0) is 48.5 Å². The van der Waals surface area contributed by atoms with Crippen molar-refractivity contribution >= 4 is 43.1 Å². The van der Waals surface area contributed by atoms with E-state index in [0.717, 1.165) is 0 Å².